The summed E-state index contributed by atoms with van der Waals surface area (Å²) in [6, 6.07) is 0. The Balaban J connectivity index is 2.67. The van der Waals surface area contributed by atoms with Crippen LogP contribution in [0.15, 0.2) is 0 Å². The second-order valence-corrected chi connectivity index (χ2v) is 4.56. The summed E-state index contributed by atoms with van der Waals surface area (Å²) in [5.74, 6) is 0.815. The van der Waals surface area contributed by atoms with Crippen LogP contribution in [0.3, 0.4) is 0 Å². The molecular formula is C12H25NO. The second-order valence-electron chi connectivity index (χ2n) is 4.56. The van der Waals surface area contributed by atoms with Crippen molar-refractivity contribution in [1.82, 2.24) is 5.32 Å². The van der Waals surface area contributed by atoms with Gasteiger partial charge in [-0.2, -0.15) is 0 Å². The van der Waals surface area contributed by atoms with E-state index >= 15 is 0 Å². The van der Waals surface area contributed by atoms with Crippen LogP contribution in [0.1, 0.15) is 39.5 Å². The summed E-state index contributed by atoms with van der Waals surface area (Å²) >= 11 is 0. The minimum atomic E-state index is 0.413. The maximum absolute atomic E-state index is 5.68. The lowest BCUT2D eigenvalue weighted by atomic mass is 9.69. The molecule has 1 rings (SSSR count). The zero-order valence-corrected chi connectivity index (χ0v) is 9.94. The molecule has 0 amide bonds. The molecule has 0 spiro atoms. The molecule has 1 N–H and O–H groups in total. The molecule has 0 aliphatic carbocycles. The average Bonchev–Trinajstić information content (AvgIpc) is 2.21. The Kier molecular flexibility index (Phi) is 4.90. The van der Waals surface area contributed by atoms with Gasteiger partial charge >= 0.3 is 0 Å². The number of hydrogen-bond acceptors (Lipinski definition) is 2. The quantitative estimate of drug-likeness (QED) is 0.734. The Labute approximate surface area is 88.4 Å². The van der Waals surface area contributed by atoms with Crippen LogP contribution in [0.4, 0.5) is 0 Å². The van der Waals surface area contributed by atoms with Crippen molar-refractivity contribution in [3.8, 4) is 0 Å². The van der Waals surface area contributed by atoms with Crippen molar-refractivity contribution >= 4 is 0 Å². The minimum absolute atomic E-state index is 0.413. The van der Waals surface area contributed by atoms with Crippen molar-refractivity contribution in [2.75, 3.05) is 26.8 Å². The highest BCUT2D eigenvalue weighted by atomic mass is 16.5. The molecule has 1 unspecified atom stereocenters. The molecule has 0 aromatic rings. The molecule has 1 fully saturated rings. The van der Waals surface area contributed by atoms with Gasteiger partial charge in [0.2, 0.25) is 0 Å². The maximum Gasteiger partial charge on any atom is 0.0537 e. The lowest BCUT2D eigenvalue weighted by molar-refractivity contribution is -0.0430. The lowest BCUT2D eigenvalue weighted by Crippen LogP contribution is -2.45. The summed E-state index contributed by atoms with van der Waals surface area (Å²) in [5, 5.41) is 3.35. The summed E-state index contributed by atoms with van der Waals surface area (Å²) in [4.78, 5) is 0. The highest BCUT2D eigenvalue weighted by Gasteiger charge is 2.37. The van der Waals surface area contributed by atoms with E-state index in [0.717, 1.165) is 25.7 Å². The standard InChI is InChI=1S/C12H25NO/c1-4-11(5-2)12(9-13-3)7-6-8-14-10-12/h11,13H,4-10H2,1-3H3. The fourth-order valence-electron chi connectivity index (χ4n) is 2.99. The second kappa shape index (κ2) is 5.72. The van der Waals surface area contributed by atoms with Crippen LogP contribution >= 0.6 is 0 Å². The molecule has 14 heavy (non-hydrogen) atoms. The fourth-order valence-corrected chi connectivity index (χ4v) is 2.99. The van der Waals surface area contributed by atoms with E-state index in [2.05, 4.69) is 26.2 Å². The normalized spacial score (nSPS) is 28.3. The zero-order chi connectivity index (χ0) is 10.4. The molecule has 1 aliphatic rings. The SMILES string of the molecule is CCC(CC)C1(CNC)CCCOC1. The molecule has 0 saturated carbocycles. The number of hydrogen-bond donors (Lipinski definition) is 1. The monoisotopic (exact) mass is 199 g/mol. The predicted octanol–water partition coefficient (Wildman–Crippen LogP) is 2.44. The maximum atomic E-state index is 5.68. The summed E-state index contributed by atoms with van der Waals surface area (Å²) in [6.45, 7) is 7.64. The molecule has 84 valence electrons. The molecule has 1 heterocycles. The zero-order valence-electron chi connectivity index (χ0n) is 9.94. The van der Waals surface area contributed by atoms with Gasteiger partial charge in [-0.15, -0.1) is 0 Å². The van der Waals surface area contributed by atoms with E-state index in [1.54, 1.807) is 0 Å². The predicted molar refractivity (Wildman–Crippen MR) is 60.5 cm³/mol. The Hall–Kier alpha value is -0.0800. The summed E-state index contributed by atoms with van der Waals surface area (Å²) in [6.07, 6.45) is 5.13. The van der Waals surface area contributed by atoms with Gasteiger partial charge in [0.15, 0.2) is 0 Å². The Morgan fingerprint density at radius 1 is 1.36 bits per heavy atom. The third kappa shape index (κ3) is 2.48. The molecule has 2 nitrogen and oxygen atoms in total. The van der Waals surface area contributed by atoms with Gasteiger partial charge in [0, 0.05) is 18.6 Å². The summed E-state index contributed by atoms with van der Waals surface area (Å²) < 4.78 is 5.68. The molecule has 1 aliphatic heterocycles. The van der Waals surface area contributed by atoms with E-state index in [4.69, 9.17) is 4.74 Å². The molecule has 2 heteroatoms. The van der Waals surface area contributed by atoms with Crippen LogP contribution in [0.2, 0.25) is 0 Å². The Morgan fingerprint density at radius 2 is 2.07 bits per heavy atom. The van der Waals surface area contributed by atoms with Crippen LogP contribution < -0.4 is 5.32 Å². The third-order valence-corrected chi connectivity index (χ3v) is 3.73. The van der Waals surface area contributed by atoms with Gasteiger partial charge in [-0.25, -0.2) is 0 Å². The average molecular weight is 199 g/mol. The van der Waals surface area contributed by atoms with Crippen LogP contribution in [0, 0.1) is 11.3 Å². The lowest BCUT2D eigenvalue weighted by Gasteiger charge is -2.43. The van der Waals surface area contributed by atoms with Crippen molar-refractivity contribution in [3.63, 3.8) is 0 Å². The van der Waals surface area contributed by atoms with Crippen molar-refractivity contribution in [2.45, 2.75) is 39.5 Å². The number of nitrogens with one attached hydrogen (secondary N) is 1. The Bertz CT molecular complexity index is 143. The first-order valence-electron chi connectivity index (χ1n) is 6.01. The highest BCUT2D eigenvalue weighted by molar-refractivity contribution is 4.89. The summed E-state index contributed by atoms with van der Waals surface area (Å²) in [7, 11) is 2.05. The van der Waals surface area contributed by atoms with Gasteiger partial charge < -0.3 is 10.1 Å². The highest BCUT2D eigenvalue weighted by Crippen LogP contribution is 2.39. The minimum Gasteiger partial charge on any atom is -0.381 e. The molecule has 1 saturated heterocycles. The smallest absolute Gasteiger partial charge is 0.0537 e. The molecule has 1 atom stereocenters. The van der Waals surface area contributed by atoms with Gasteiger partial charge in [-0.1, -0.05) is 26.7 Å². The van der Waals surface area contributed by atoms with Gasteiger partial charge in [-0.3, -0.25) is 0 Å². The van der Waals surface area contributed by atoms with E-state index in [9.17, 15) is 0 Å². The van der Waals surface area contributed by atoms with E-state index < -0.39 is 0 Å². The van der Waals surface area contributed by atoms with Gasteiger partial charge in [0.1, 0.15) is 0 Å². The van der Waals surface area contributed by atoms with Crippen LogP contribution in [-0.2, 0) is 4.74 Å². The van der Waals surface area contributed by atoms with E-state index in [1.165, 1.54) is 25.7 Å². The molecule has 0 aromatic heterocycles. The molecule has 0 radical (unpaired) electrons. The van der Waals surface area contributed by atoms with E-state index in [-0.39, 0.29) is 0 Å². The first kappa shape index (κ1) is 12.0. The topological polar surface area (TPSA) is 21.3 Å². The van der Waals surface area contributed by atoms with Crippen molar-refractivity contribution < 1.29 is 4.74 Å². The van der Waals surface area contributed by atoms with Gasteiger partial charge in [0.25, 0.3) is 0 Å². The first-order chi connectivity index (χ1) is 6.79. The van der Waals surface area contributed by atoms with Gasteiger partial charge in [-0.05, 0) is 25.8 Å². The van der Waals surface area contributed by atoms with Crippen molar-refractivity contribution in [3.05, 3.63) is 0 Å². The van der Waals surface area contributed by atoms with Crippen LogP contribution in [0.5, 0.6) is 0 Å². The third-order valence-electron chi connectivity index (χ3n) is 3.73. The molecule has 0 aromatic carbocycles. The van der Waals surface area contributed by atoms with Crippen LogP contribution in [-0.4, -0.2) is 26.8 Å². The van der Waals surface area contributed by atoms with Crippen molar-refractivity contribution in [1.29, 1.82) is 0 Å². The Morgan fingerprint density at radius 3 is 2.50 bits per heavy atom. The van der Waals surface area contributed by atoms with Crippen molar-refractivity contribution in [2.24, 2.45) is 11.3 Å². The molecule has 0 bridgehead atoms. The fraction of sp³-hybridized carbons (Fsp3) is 1.00. The van der Waals surface area contributed by atoms with E-state index in [0.29, 0.717) is 5.41 Å². The first-order valence-corrected chi connectivity index (χ1v) is 6.01. The van der Waals surface area contributed by atoms with Gasteiger partial charge in [0.05, 0.1) is 6.61 Å². The number of ether oxygens (including phenoxy) is 1. The van der Waals surface area contributed by atoms with Crippen LogP contribution in [0.25, 0.3) is 0 Å². The number of rotatable bonds is 5. The largest absolute Gasteiger partial charge is 0.381 e. The van der Waals surface area contributed by atoms with E-state index in [1.807, 2.05) is 0 Å². The summed E-state index contributed by atoms with van der Waals surface area (Å²) in [5.41, 5.74) is 0.413. The molecular weight excluding hydrogens is 174 g/mol.